The van der Waals surface area contributed by atoms with Crippen LogP contribution in [0.4, 0.5) is 0 Å². The van der Waals surface area contributed by atoms with Crippen LogP contribution in [-0.4, -0.2) is 29.7 Å². The van der Waals surface area contributed by atoms with Gasteiger partial charge in [-0.15, -0.1) is 0 Å². The van der Waals surface area contributed by atoms with Crippen LogP contribution in [0.3, 0.4) is 0 Å². The number of hydrogen-bond acceptors (Lipinski definition) is 2. The summed E-state index contributed by atoms with van der Waals surface area (Å²) in [6, 6.07) is 9.35. The van der Waals surface area contributed by atoms with E-state index in [0.29, 0.717) is 24.7 Å². The van der Waals surface area contributed by atoms with Crippen LogP contribution in [0.5, 0.6) is 0 Å². The molecule has 3 nitrogen and oxygen atoms in total. The summed E-state index contributed by atoms with van der Waals surface area (Å²) in [6.07, 6.45) is 2.65. The molecule has 1 aromatic carbocycles. The van der Waals surface area contributed by atoms with E-state index in [0.717, 1.165) is 24.9 Å². The molecule has 2 fully saturated rings. The van der Waals surface area contributed by atoms with Crippen LogP contribution in [0.15, 0.2) is 30.3 Å². The Hall–Kier alpha value is -1.64. The number of fused-ring (bicyclic) bond motifs is 2. The third kappa shape index (κ3) is 2.05. The maximum absolute atomic E-state index is 12.4. The van der Waals surface area contributed by atoms with E-state index in [1.165, 1.54) is 0 Å². The van der Waals surface area contributed by atoms with E-state index >= 15 is 0 Å². The van der Waals surface area contributed by atoms with Crippen molar-refractivity contribution in [2.75, 3.05) is 13.1 Å². The highest BCUT2D eigenvalue weighted by atomic mass is 16.2. The highest BCUT2D eigenvalue weighted by Gasteiger charge is 2.37. The van der Waals surface area contributed by atoms with Gasteiger partial charge in [0.25, 0.3) is 5.91 Å². The molecule has 1 aliphatic carbocycles. The number of likely N-dealkylation sites (tertiary alicyclic amines) is 1. The highest BCUT2D eigenvalue weighted by molar-refractivity contribution is 5.95. The monoisotopic (exact) mass is 243 g/mol. The Balaban J connectivity index is 1.77. The summed E-state index contributed by atoms with van der Waals surface area (Å²) in [4.78, 5) is 26.0. The zero-order chi connectivity index (χ0) is 12.5. The Morgan fingerprint density at radius 2 is 1.94 bits per heavy atom. The molecule has 1 aromatic rings. The number of amides is 1. The molecule has 2 aliphatic rings. The molecule has 0 radical (unpaired) electrons. The van der Waals surface area contributed by atoms with Crippen LogP contribution < -0.4 is 0 Å². The molecule has 2 atom stereocenters. The van der Waals surface area contributed by atoms with E-state index in [-0.39, 0.29) is 11.8 Å². The molecule has 0 aromatic heterocycles. The predicted octanol–water partition coefficient (Wildman–Crippen LogP) is 2.13. The largest absolute Gasteiger partial charge is 0.338 e. The third-order valence-corrected chi connectivity index (χ3v) is 4.10. The van der Waals surface area contributed by atoms with Crippen LogP contribution in [0, 0.1) is 11.8 Å². The average molecular weight is 243 g/mol. The lowest BCUT2D eigenvalue weighted by Gasteiger charge is -2.40. The molecule has 3 heteroatoms. The number of rotatable bonds is 1. The lowest BCUT2D eigenvalue weighted by molar-refractivity contribution is -0.127. The minimum absolute atomic E-state index is 0.0694. The molecule has 1 amide bonds. The minimum atomic E-state index is 0.0694. The molecule has 0 unspecified atom stereocenters. The van der Waals surface area contributed by atoms with Gasteiger partial charge in [-0.25, -0.2) is 0 Å². The molecule has 1 aliphatic heterocycles. The Kier molecular flexibility index (Phi) is 2.90. The first-order valence-corrected chi connectivity index (χ1v) is 6.61. The quantitative estimate of drug-likeness (QED) is 0.757. The molecule has 3 rings (SSSR count). The van der Waals surface area contributed by atoms with Crippen molar-refractivity contribution >= 4 is 11.7 Å². The van der Waals surface area contributed by atoms with Crippen molar-refractivity contribution in [3.63, 3.8) is 0 Å². The zero-order valence-electron chi connectivity index (χ0n) is 10.3. The van der Waals surface area contributed by atoms with Gasteiger partial charge in [0.15, 0.2) is 0 Å². The van der Waals surface area contributed by atoms with Crippen LogP contribution in [-0.2, 0) is 4.79 Å². The van der Waals surface area contributed by atoms with Crippen molar-refractivity contribution in [3.05, 3.63) is 35.9 Å². The number of benzene rings is 1. The maximum Gasteiger partial charge on any atom is 0.253 e. The number of carbonyl (C=O) groups is 2. The summed E-state index contributed by atoms with van der Waals surface area (Å²) in [5, 5.41) is 0. The second-order valence-electron chi connectivity index (χ2n) is 5.38. The van der Waals surface area contributed by atoms with Gasteiger partial charge in [-0.1, -0.05) is 18.2 Å². The van der Waals surface area contributed by atoms with Gasteiger partial charge in [0.2, 0.25) is 0 Å². The summed E-state index contributed by atoms with van der Waals surface area (Å²) < 4.78 is 0. The van der Waals surface area contributed by atoms with Crippen molar-refractivity contribution in [2.24, 2.45) is 11.8 Å². The molecule has 94 valence electrons. The smallest absolute Gasteiger partial charge is 0.253 e. The Morgan fingerprint density at radius 1 is 1.17 bits per heavy atom. The van der Waals surface area contributed by atoms with E-state index in [9.17, 15) is 9.59 Å². The maximum atomic E-state index is 12.4. The molecule has 0 N–H and O–H groups in total. The van der Waals surface area contributed by atoms with E-state index in [1.807, 2.05) is 35.2 Å². The molecular formula is C15H17NO2. The van der Waals surface area contributed by atoms with Gasteiger partial charge >= 0.3 is 0 Å². The molecule has 18 heavy (non-hydrogen) atoms. The van der Waals surface area contributed by atoms with E-state index < -0.39 is 0 Å². The van der Waals surface area contributed by atoms with Crippen molar-refractivity contribution in [1.29, 1.82) is 0 Å². The Morgan fingerprint density at radius 3 is 2.72 bits per heavy atom. The van der Waals surface area contributed by atoms with Crippen LogP contribution in [0.2, 0.25) is 0 Å². The fraction of sp³-hybridized carbons (Fsp3) is 0.467. The minimum Gasteiger partial charge on any atom is -0.338 e. The molecule has 2 bridgehead atoms. The first-order valence-electron chi connectivity index (χ1n) is 6.61. The fourth-order valence-electron chi connectivity index (χ4n) is 3.13. The van der Waals surface area contributed by atoms with Gasteiger partial charge < -0.3 is 4.90 Å². The first kappa shape index (κ1) is 11.5. The summed E-state index contributed by atoms with van der Waals surface area (Å²) >= 11 is 0. The van der Waals surface area contributed by atoms with Crippen molar-refractivity contribution in [3.8, 4) is 0 Å². The zero-order valence-corrected chi connectivity index (χ0v) is 10.3. The topological polar surface area (TPSA) is 37.4 Å². The number of piperidine rings is 1. The Labute approximate surface area is 107 Å². The highest BCUT2D eigenvalue weighted by Crippen LogP contribution is 2.32. The summed E-state index contributed by atoms with van der Waals surface area (Å²) in [5.74, 6) is 1.02. The van der Waals surface area contributed by atoms with Crippen molar-refractivity contribution in [1.82, 2.24) is 4.90 Å². The molecular weight excluding hydrogens is 226 g/mol. The van der Waals surface area contributed by atoms with Gasteiger partial charge in [0, 0.05) is 31.0 Å². The number of nitrogens with zero attached hydrogens (tertiary/aromatic N) is 1. The van der Waals surface area contributed by atoms with Gasteiger partial charge in [0.1, 0.15) is 5.78 Å². The van der Waals surface area contributed by atoms with Crippen LogP contribution in [0.1, 0.15) is 29.6 Å². The number of carbonyl (C=O) groups excluding carboxylic acids is 2. The molecule has 1 saturated heterocycles. The van der Waals surface area contributed by atoms with Gasteiger partial charge in [-0.2, -0.15) is 0 Å². The van der Waals surface area contributed by atoms with Crippen LogP contribution >= 0.6 is 0 Å². The SMILES string of the molecule is O=C1CC[C@H]2C[C@H]1CN(C(=O)c1ccccc1)C2. The molecule has 1 heterocycles. The third-order valence-electron chi connectivity index (χ3n) is 4.10. The fourth-order valence-corrected chi connectivity index (χ4v) is 3.13. The molecule has 0 spiro atoms. The van der Waals surface area contributed by atoms with Gasteiger partial charge in [0.05, 0.1) is 0 Å². The van der Waals surface area contributed by atoms with E-state index in [1.54, 1.807) is 0 Å². The molecule has 1 saturated carbocycles. The standard InChI is InChI=1S/C15H17NO2/c17-14-7-6-11-8-13(14)10-16(9-11)15(18)12-4-2-1-3-5-12/h1-5,11,13H,6-10H2/t11-,13-/m0/s1. The first-order chi connectivity index (χ1) is 8.74. The average Bonchev–Trinajstić information content (AvgIpc) is 2.43. The lowest BCUT2D eigenvalue weighted by Crippen LogP contribution is -2.48. The van der Waals surface area contributed by atoms with Gasteiger partial charge in [-0.05, 0) is 30.9 Å². The van der Waals surface area contributed by atoms with Gasteiger partial charge in [-0.3, -0.25) is 9.59 Å². The van der Waals surface area contributed by atoms with E-state index in [4.69, 9.17) is 0 Å². The number of Topliss-reactive ketones (excluding diaryl/α,β-unsaturated/α-hetero) is 1. The van der Waals surface area contributed by atoms with Crippen molar-refractivity contribution in [2.45, 2.75) is 19.3 Å². The summed E-state index contributed by atoms with van der Waals surface area (Å²) in [5.41, 5.74) is 0.727. The number of hydrogen-bond donors (Lipinski definition) is 0. The lowest BCUT2D eigenvalue weighted by atomic mass is 9.77. The number of ketones is 1. The summed E-state index contributed by atoms with van der Waals surface area (Å²) in [6.45, 7) is 1.43. The normalized spacial score (nSPS) is 27.1. The predicted molar refractivity (Wildman–Crippen MR) is 68.2 cm³/mol. The van der Waals surface area contributed by atoms with E-state index in [2.05, 4.69) is 0 Å². The Bertz CT molecular complexity index is 469. The van der Waals surface area contributed by atoms with Crippen LogP contribution in [0.25, 0.3) is 0 Å². The second kappa shape index (κ2) is 4.56. The second-order valence-corrected chi connectivity index (χ2v) is 5.38. The van der Waals surface area contributed by atoms with Crippen molar-refractivity contribution < 1.29 is 9.59 Å². The summed E-state index contributed by atoms with van der Waals surface area (Å²) in [7, 11) is 0.